The predicted molar refractivity (Wildman–Crippen MR) is 75.5 cm³/mol. The Bertz CT molecular complexity index is 553. The number of nitrogens with zero attached hydrogens (tertiary/aromatic N) is 1. The van der Waals surface area contributed by atoms with Gasteiger partial charge in [-0.3, -0.25) is 9.89 Å². The molecule has 3 N–H and O–H groups in total. The number of H-pyrrole nitrogens is 1. The molecule has 0 radical (unpaired) electrons. The minimum absolute atomic E-state index is 0.0238. The van der Waals surface area contributed by atoms with Crippen molar-refractivity contribution in [3.8, 4) is 0 Å². The number of aromatic amines is 1. The number of carbonyl (C=O) groups is 1. The second-order valence-corrected chi connectivity index (χ2v) is 6.45. The highest BCUT2D eigenvalue weighted by Gasteiger charge is 2.58. The zero-order valence-electron chi connectivity index (χ0n) is 12.4. The van der Waals surface area contributed by atoms with Crippen LogP contribution in [-0.2, 0) is 17.6 Å². The Morgan fingerprint density at radius 2 is 2.14 bits per heavy atom. The molecule has 1 heterocycles. The number of fused-ring (bicyclic) bond motifs is 1. The predicted octanol–water partition coefficient (Wildman–Crippen LogP) is 1.71. The fraction of sp³-hybridized carbons (Fsp3) is 0.733. The molecule has 0 aliphatic heterocycles. The third-order valence-electron chi connectivity index (χ3n) is 4.90. The van der Waals surface area contributed by atoms with Crippen LogP contribution in [0.5, 0.6) is 0 Å². The third kappa shape index (κ3) is 2.62. The van der Waals surface area contributed by atoms with Crippen molar-refractivity contribution >= 4 is 5.91 Å². The maximum Gasteiger partial charge on any atom is 0.352 e. The Labute approximate surface area is 127 Å². The van der Waals surface area contributed by atoms with Gasteiger partial charge in [0.05, 0.1) is 6.20 Å². The number of rotatable bonds is 3. The van der Waals surface area contributed by atoms with Crippen molar-refractivity contribution in [2.24, 2.45) is 0 Å². The molecule has 1 aromatic heterocycles. The lowest BCUT2D eigenvalue weighted by Crippen LogP contribution is -2.59. The molecule has 0 bridgehead atoms. The largest absolute Gasteiger partial charge is 0.383 e. The Morgan fingerprint density at radius 3 is 2.86 bits per heavy atom. The van der Waals surface area contributed by atoms with Crippen LogP contribution in [0.2, 0.25) is 0 Å². The fourth-order valence-electron chi connectivity index (χ4n) is 3.48. The minimum atomic E-state index is -3.75. The molecule has 1 saturated carbocycles. The zero-order valence-corrected chi connectivity index (χ0v) is 12.4. The van der Waals surface area contributed by atoms with E-state index in [1.165, 1.54) is 0 Å². The van der Waals surface area contributed by atoms with Crippen molar-refractivity contribution in [3.63, 3.8) is 0 Å². The summed E-state index contributed by atoms with van der Waals surface area (Å²) >= 11 is 0. The van der Waals surface area contributed by atoms with Gasteiger partial charge in [-0.05, 0) is 37.7 Å². The highest BCUT2D eigenvalue weighted by atomic mass is 19.3. The van der Waals surface area contributed by atoms with E-state index in [0.29, 0.717) is 32.1 Å². The molecule has 22 heavy (non-hydrogen) atoms. The molecule has 1 fully saturated rings. The van der Waals surface area contributed by atoms with Crippen LogP contribution >= 0.6 is 0 Å². The second-order valence-electron chi connectivity index (χ2n) is 6.45. The van der Waals surface area contributed by atoms with Gasteiger partial charge in [0.25, 0.3) is 5.91 Å². The van der Waals surface area contributed by atoms with E-state index in [1.807, 2.05) is 0 Å². The molecule has 7 heteroatoms. The fourth-order valence-corrected chi connectivity index (χ4v) is 3.48. The summed E-state index contributed by atoms with van der Waals surface area (Å²) in [5, 5.41) is 19.4. The summed E-state index contributed by atoms with van der Waals surface area (Å²) in [4.78, 5) is 12.0. The van der Waals surface area contributed by atoms with Crippen molar-refractivity contribution < 1.29 is 18.7 Å². The first-order valence-electron chi connectivity index (χ1n) is 7.85. The first-order valence-corrected chi connectivity index (χ1v) is 7.85. The van der Waals surface area contributed by atoms with Crippen LogP contribution in [0.15, 0.2) is 6.20 Å². The molecular formula is C15H21F2N3O2. The van der Waals surface area contributed by atoms with E-state index in [2.05, 4.69) is 15.5 Å². The van der Waals surface area contributed by atoms with Gasteiger partial charge in [-0.15, -0.1) is 0 Å². The summed E-state index contributed by atoms with van der Waals surface area (Å²) in [5.74, 6) is -5.10. The molecule has 1 aromatic rings. The normalized spacial score (nSPS) is 24.6. The number of halogens is 2. The van der Waals surface area contributed by atoms with Gasteiger partial charge in [0, 0.05) is 11.7 Å². The molecule has 122 valence electrons. The maximum atomic E-state index is 14.4. The molecule has 1 unspecified atom stereocenters. The monoisotopic (exact) mass is 313 g/mol. The number of aryl methyl sites for hydroxylation is 1. The third-order valence-corrected chi connectivity index (χ3v) is 4.90. The minimum Gasteiger partial charge on any atom is -0.383 e. The van der Waals surface area contributed by atoms with E-state index in [-0.39, 0.29) is 18.9 Å². The van der Waals surface area contributed by atoms with E-state index in [9.17, 15) is 18.7 Å². The lowest BCUT2D eigenvalue weighted by molar-refractivity contribution is -0.201. The van der Waals surface area contributed by atoms with Crippen molar-refractivity contribution in [2.75, 3.05) is 0 Å². The van der Waals surface area contributed by atoms with Crippen molar-refractivity contribution in [2.45, 2.75) is 68.9 Å². The number of hydrogen-bond donors (Lipinski definition) is 3. The van der Waals surface area contributed by atoms with Gasteiger partial charge in [0.15, 0.2) is 0 Å². The number of aromatic nitrogens is 2. The smallest absolute Gasteiger partial charge is 0.352 e. The maximum absolute atomic E-state index is 14.4. The topological polar surface area (TPSA) is 78.0 Å². The van der Waals surface area contributed by atoms with Gasteiger partial charge in [-0.2, -0.15) is 13.9 Å². The van der Waals surface area contributed by atoms with Gasteiger partial charge in [-0.1, -0.05) is 19.3 Å². The second kappa shape index (κ2) is 5.61. The molecule has 1 amide bonds. The molecule has 2 aliphatic carbocycles. The van der Waals surface area contributed by atoms with Gasteiger partial charge < -0.3 is 10.4 Å². The first-order chi connectivity index (χ1) is 10.4. The number of alkyl halides is 2. The number of carbonyl (C=O) groups excluding carboxylic acids is 1. The summed E-state index contributed by atoms with van der Waals surface area (Å²) in [6.45, 7) is 0. The first kappa shape index (κ1) is 15.4. The molecule has 5 nitrogen and oxygen atoms in total. The zero-order chi connectivity index (χ0) is 15.8. The van der Waals surface area contributed by atoms with Crippen LogP contribution in [0.25, 0.3) is 0 Å². The quantitative estimate of drug-likeness (QED) is 0.795. The summed E-state index contributed by atoms with van der Waals surface area (Å²) in [7, 11) is 0. The van der Waals surface area contributed by atoms with E-state index in [4.69, 9.17) is 0 Å². The van der Waals surface area contributed by atoms with Gasteiger partial charge >= 0.3 is 5.92 Å². The van der Waals surface area contributed by atoms with E-state index in [1.54, 1.807) is 6.20 Å². The summed E-state index contributed by atoms with van der Waals surface area (Å²) in [6, 6.07) is -0.337. The highest BCUT2D eigenvalue weighted by Crippen LogP contribution is 2.40. The lowest BCUT2D eigenvalue weighted by atomic mass is 9.79. The van der Waals surface area contributed by atoms with Gasteiger partial charge in [0.2, 0.25) is 0 Å². The molecule has 0 aromatic carbocycles. The molecule has 0 spiro atoms. The molecule has 1 atom stereocenters. The van der Waals surface area contributed by atoms with Gasteiger partial charge in [-0.25, -0.2) is 0 Å². The van der Waals surface area contributed by atoms with E-state index >= 15 is 0 Å². The van der Waals surface area contributed by atoms with E-state index in [0.717, 1.165) is 17.7 Å². The Morgan fingerprint density at radius 1 is 1.41 bits per heavy atom. The Kier molecular flexibility index (Phi) is 3.92. The average molecular weight is 313 g/mol. The highest BCUT2D eigenvalue weighted by molar-refractivity contribution is 5.85. The molecule has 0 saturated heterocycles. The number of hydrogen-bond acceptors (Lipinski definition) is 3. The van der Waals surface area contributed by atoms with Crippen LogP contribution in [0.1, 0.15) is 49.8 Å². The molecular weight excluding hydrogens is 292 g/mol. The van der Waals surface area contributed by atoms with Crippen LogP contribution in [0.4, 0.5) is 8.78 Å². The summed E-state index contributed by atoms with van der Waals surface area (Å²) < 4.78 is 28.8. The SMILES string of the molecule is O=C(NC1CCc2[nH]ncc2C1)C(F)(F)C1(O)CCCCC1. The number of nitrogens with one attached hydrogen (secondary N) is 2. The summed E-state index contributed by atoms with van der Waals surface area (Å²) in [6.07, 6.45) is 5.26. The van der Waals surface area contributed by atoms with Crippen LogP contribution in [0, 0.1) is 0 Å². The van der Waals surface area contributed by atoms with Crippen LogP contribution < -0.4 is 5.32 Å². The van der Waals surface area contributed by atoms with Crippen molar-refractivity contribution in [1.29, 1.82) is 0 Å². The number of aliphatic hydroxyl groups is 1. The van der Waals surface area contributed by atoms with Crippen molar-refractivity contribution in [3.05, 3.63) is 17.5 Å². The van der Waals surface area contributed by atoms with Crippen molar-refractivity contribution in [1.82, 2.24) is 15.5 Å². The average Bonchev–Trinajstić information content (AvgIpc) is 2.95. The van der Waals surface area contributed by atoms with Crippen LogP contribution in [-0.4, -0.2) is 38.8 Å². The molecule has 3 rings (SSSR count). The van der Waals surface area contributed by atoms with Gasteiger partial charge in [0.1, 0.15) is 5.60 Å². The Hall–Kier alpha value is -1.50. The van der Waals surface area contributed by atoms with Crippen LogP contribution in [0.3, 0.4) is 0 Å². The molecule has 2 aliphatic rings. The standard InChI is InChI=1S/C15H21F2N3O2/c16-15(17,14(22)6-2-1-3-7-14)13(21)19-11-4-5-12-10(8-11)9-18-20-12/h9,11,22H,1-8H2,(H,18,20)(H,19,21). The summed E-state index contributed by atoms with van der Waals surface area (Å²) in [5.41, 5.74) is -0.246. The number of amides is 1. The Balaban J connectivity index is 1.66. The van der Waals surface area contributed by atoms with E-state index < -0.39 is 17.4 Å². The lowest BCUT2D eigenvalue weighted by Gasteiger charge is -2.38.